The van der Waals surface area contributed by atoms with Crippen LogP contribution in [0.4, 0.5) is 0 Å². The number of hydrogen-bond donors (Lipinski definition) is 2. The van der Waals surface area contributed by atoms with Gasteiger partial charge in [-0.3, -0.25) is 0 Å². The van der Waals surface area contributed by atoms with Gasteiger partial charge in [0.05, 0.1) is 0 Å². The van der Waals surface area contributed by atoms with Crippen LogP contribution in [0.15, 0.2) is 11.6 Å². The lowest BCUT2D eigenvalue weighted by Crippen LogP contribution is -2.51. The third-order valence-electron chi connectivity index (χ3n) is 11.4. The van der Waals surface area contributed by atoms with Crippen LogP contribution in [0.5, 0.6) is 0 Å². The van der Waals surface area contributed by atoms with Crippen LogP contribution >= 0.6 is 0 Å². The monoisotopic (exact) mass is 456 g/mol. The quantitative estimate of drug-likeness (QED) is 0.261. The molecule has 2 heteroatoms. The molecule has 3 saturated carbocycles. The first-order valence-corrected chi connectivity index (χ1v) is 14.9. The van der Waals surface area contributed by atoms with Gasteiger partial charge in [0, 0.05) is 6.04 Å². The van der Waals surface area contributed by atoms with Crippen LogP contribution in [0.2, 0.25) is 0 Å². The van der Waals surface area contributed by atoms with E-state index in [4.69, 9.17) is 5.73 Å². The number of fused-ring (bicyclic) bond motifs is 5. The fraction of sp³-hybridized carbons (Fsp3) is 0.935. The number of unbranched alkanes of at least 4 members (excludes halogenated alkanes) is 1. The zero-order valence-electron chi connectivity index (χ0n) is 22.8. The van der Waals surface area contributed by atoms with Crippen molar-refractivity contribution in [3.63, 3.8) is 0 Å². The van der Waals surface area contributed by atoms with E-state index < -0.39 is 0 Å². The molecule has 2 nitrogen and oxygen atoms in total. The molecular formula is C31H56N2. The van der Waals surface area contributed by atoms with Crippen molar-refractivity contribution in [1.29, 1.82) is 0 Å². The fourth-order valence-electron chi connectivity index (χ4n) is 9.47. The molecule has 3 N–H and O–H groups in total. The predicted octanol–water partition coefficient (Wildman–Crippen LogP) is 7.72. The summed E-state index contributed by atoms with van der Waals surface area (Å²) in [6, 6.07) is 0.610. The Bertz CT molecular complexity index is 668. The topological polar surface area (TPSA) is 38.0 Å². The van der Waals surface area contributed by atoms with E-state index in [1.54, 1.807) is 0 Å². The summed E-state index contributed by atoms with van der Waals surface area (Å²) >= 11 is 0. The summed E-state index contributed by atoms with van der Waals surface area (Å²) in [6.07, 6.45) is 21.0. The van der Waals surface area contributed by atoms with E-state index in [0.29, 0.717) is 16.9 Å². The minimum absolute atomic E-state index is 0.487. The number of hydrogen-bond acceptors (Lipinski definition) is 2. The molecule has 0 aromatic heterocycles. The van der Waals surface area contributed by atoms with Crippen molar-refractivity contribution < 1.29 is 0 Å². The van der Waals surface area contributed by atoms with Crippen molar-refractivity contribution in [2.75, 3.05) is 13.1 Å². The van der Waals surface area contributed by atoms with E-state index in [1.807, 2.05) is 5.57 Å². The molecule has 4 unspecified atom stereocenters. The van der Waals surface area contributed by atoms with Gasteiger partial charge >= 0.3 is 0 Å². The summed E-state index contributed by atoms with van der Waals surface area (Å²) in [5.41, 5.74) is 8.61. The molecule has 0 aliphatic heterocycles. The maximum atomic E-state index is 5.68. The van der Waals surface area contributed by atoms with Gasteiger partial charge in [-0.05, 0) is 124 Å². The van der Waals surface area contributed by atoms with Crippen LogP contribution in [0.1, 0.15) is 118 Å². The van der Waals surface area contributed by atoms with Gasteiger partial charge in [-0.25, -0.2) is 0 Å². The summed E-state index contributed by atoms with van der Waals surface area (Å²) < 4.78 is 0. The maximum Gasteiger partial charge on any atom is 0.0253 e. The molecule has 8 atom stereocenters. The summed E-state index contributed by atoms with van der Waals surface area (Å²) in [4.78, 5) is 0. The summed E-state index contributed by atoms with van der Waals surface area (Å²) in [5.74, 6) is 5.71. The van der Waals surface area contributed by atoms with E-state index in [0.717, 1.165) is 55.0 Å². The zero-order valence-corrected chi connectivity index (χ0v) is 22.8. The smallest absolute Gasteiger partial charge is 0.0253 e. The Morgan fingerprint density at radius 1 is 0.939 bits per heavy atom. The predicted molar refractivity (Wildman–Crippen MR) is 143 cm³/mol. The van der Waals surface area contributed by atoms with Crippen LogP contribution in [-0.4, -0.2) is 19.1 Å². The standard InChI is InChI=1S/C31H56N2/c1-22(2)9-8-10-23(3)27-13-14-28-26-12-11-24-21-25(33-20-7-6-19-32)15-17-30(24,4)29(26)16-18-31(27,28)5/h21-23,25-29,33H,6-20,32H2,1-5H3/t23-,25+,26?,27?,28?,29?,30+,31-/m1/s1. The average Bonchev–Trinajstić information content (AvgIpc) is 3.14. The number of nitrogens with one attached hydrogen (secondary N) is 1. The van der Waals surface area contributed by atoms with Crippen LogP contribution in [0.3, 0.4) is 0 Å². The molecule has 4 rings (SSSR count). The van der Waals surface area contributed by atoms with Gasteiger partial charge < -0.3 is 11.1 Å². The highest BCUT2D eigenvalue weighted by Crippen LogP contribution is 2.67. The van der Waals surface area contributed by atoms with Crippen molar-refractivity contribution >= 4 is 0 Å². The zero-order chi connectivity index (χ0) is 23.6. The summed E-state index contributed by atoms with van der Waals surface area (Å²) in [7, 11) is 0. The Labute approximate surface area is 206 Å². The van der Waals surface area contributed by atoms with Gasteiger partial charge in [0.15, 0.2) is 0 Å². The van der Waals surface area contributed by atoms with Gasteiger partial charge in [0.1, 0.15) is 0 Å². The van der Waals surface area contributed by atoms with E-state index in [-0.39, 0.29) is 0 Å². The first-order chi connectivity index (χ1) is 15.8. The molecular weight excluding hydrogens is 400 g/mol. The molecule has 190 valence electrons. The third-order valence-corrected chi connectivity index (χ3v) is 11.4. The number of nitrogens with two attached hydrogens (primary N) is 1. The van der Waals surface area contributed by atoms with Gasteiger partial charge in [-0.15, -0.1) is 0 Å². The highest BCUT2D eigenvalue weighted by molar-refractivity contribution is 5.26. The summed E-state index contributed by atoms with van der Waals surface area (Å²) in [6.45, 7) is 14.7. The summed E-state index contributed by atoms with van der Waals surface area (Å²) in [5, 5.41) is 3.83. The molecule has 0 spiro atoms. The highest BCUT2D eigenvalue weighted by atomic mass is 14.9. The molecule has 0 radical (unpaired) electrons. The largest absolute Gasteiger partial charge is 0.330 e. The maximum absolute atomic E-state index is 5.68. The molecule has 33 heavy (non-hydrogen) atoms. The van der Waals surface area contributed by atoms with Gasteiger partial charge in [0.25, 0.3) is 0 Å². The first-order valence-electron chi connectivity index (χ1n) is 14.9. The molecule has 4 aliphatic rings. The second-order valence-electron chi connectivity index (χ2n) is 13.7. The minimum Gasteiger partial charge on any atom is -0.330 e. The Kier molecular flexibility index (Phi) is 8.37. The Morgan fingerprint density at radius 2 is 1.76 bits per heavy atom. The van der Waals surface area contributed by atoms with Gasteiger partial charge in [0.2, 0.25) is 0 Å². The molecule has 0 aromatic carbocycles. The molecule has 0 heterocycles. The van der Waals surface area contributed by atoms with Crippen LogP contribution < -0.4 is 11.1 Å². The van der Waals surface area contributed by atoms with Crippen molar-refractivity contribution in [2.45, 2.75) is 124 Å². The first kappa shape index (κ1) is 25.7. The number of rotatable bonds is 10. The second kappa shape index (κ2) is 10.7. The lowest BCUT2D eigenvalue weighted by atomic mass is 9.46. The van der Waals surface area contributed by atoms with Crippen LogP contribution in [0, 0.1) is 46.3 Å². The highest BCUT2D eigenvalue weighted by Gasteiger charge is 2.59. The minimum atomic E-state index is 0.487. The molecule has 0 amide bonds. The fourth-order valence-corrected chi connectivity index (χ4v) is 9.47. The Morgan fingerprint density at radius 3 is 2.52 bits per heavy atom. The van der Waals surface area contributed by atoms with E-state index in [2.05, 4.69) is 46.0 Å². The molecule has 4 aliphatic carbocycles. The average molecular weight is 457 g/mol. The Hall–Kier alpha value is -0.340. The lowest BCUT2D eigenvalue weighted by molar-refractivity contribution is -0.0599. The lowest BCUT2D eigenvalue weighted by Gasteiger charge is -2.59. The SMILES string of the molecule is CC(C)CCC[C@@H](C)C1CCC2C3CCC4=C[C@@H](NCCCCN)CC[C@]4(C)C3CC[C@@]21C. The van der Waals surface area contributed by atoms with Crippen molar-refractivity contribution in [3.05, 3.63) is 11.6 Å². The number of allylic oxidation sites excluding steroid dienone is 1. The van der Waals surface area contributed by atoms with E-state index in [9.17, 15) is 0 Å². The van der Waals surface area contributed by atoms with Crippen molar-refractivity contribution in [3.8, 4) is 0 Å². The second-order valence-corrected chi connectivity index (χ2v) is 13.7. The van der Waals surface area contributed by atoms with E-state index >= 15 is 0 Å². The van der Waals surface area contributed by atoms with Crippen molar-refractivity contribution in [2.24, 2.45) is 52.1 Å². The third kappa shape index (κ3) is 5.13. The van der Waals surface area contributed by atoms with E-state index in [1.165, 1.54) is 77.0 Å². The molecule has 0 aromatic rings. The van der Waals surface area contributed by atoms with Crippen LogP contribution in [0.25, 0.3) is 0 Å². The Balaban J connectivity index is 1.40. The van der Waals surface area contributed by atoms with Crippen LogP contribution in [-0.2, 0) is 0 Å². The normalized spacial score (nSPS) is 41.3. The molecule has 0 saturated heterocycles. The molecule has 3 fully saturated rings. The van der Waals surface area contributed by atoms with Gasteiger partial charge in [-0.1, -0.05) is 65.5 Å². The van der Waals surface area contributed by atoms with Crippen molar-refractivity contribution in [1.82, 2.24) is 5.32 Å². The molecule has 0 bridgehead atoms. The van der Waals surface area contributed by atoms with Gasteiger partial charge in [-0.2, -0.15) is 0 Å².